The zero-order chi connectivity index (χ0) is 15.0. The summed E-state index contributed by atoms with van der Waals surface area (Å²) in [5, 5.41) is 3.64. The van der Waals surface area contributed by atoms with Crippen LogP contribution in [0.5, 0.6) is 0 Å². The molecule has 0 spiro atoms. The molecule has 0 aromatic heterocycles. The molecule has 0 aromatic rings. The highest BCUT2D eigenvalue weighted by atomic mass is 16.5. The van der Waals surface area contributed by atoms with Crippen LogP contribution in [0, 0.1) is 11.8 Å². The van der Waals surface area contributed by atoms with Gasteiger partial charge in [0.25, 0.3) is 0 Å². The normalized spacial score (nSPS) is 24.1. The molecule has 0 aromatic carbocycles. The summed E-state index contributed by atoms with van der Waals surface area (Å²) in [7, 11) is 1.46. The molecule has 0 bridgehead atoms. The number of methoxy groups -OCH3 is 1. The van der Waals surface area contributed by atoms with Crippen molar-refractivity contribution in [2.45, 2.75) is 39.2 Å². The summed E-state index contributed by atoms with van der Waals surface area (Å²) in [5.41, 5.74) is 5.68. The highest BCUT2D eigenvalue weighted by Gasteiger charge is 2.27. The number of esters is 1. The molecule has 5 nitrogen and oxygen atoms in total. The van der Waals surface area contributed by atoms with Crippen molar-refractivity contribution in [2.24, 2.45) is 17.6 Å². The van der Waals surface area contributed by atoms with Crippen LogP contribution >= 0.6 is 0 Å². The summed E-state index contributed by atoms with van der Waals surface area (Å²) < 4.78 is 4.73. The van der Waals surface area contributed by atoms with Crippen LogP contribution in [0.25, 0.3) is 0 Å². The van der Waals surface area contributed by atoms with Crippen molar-refractivity contribution in [2.75, 3.05) is 39.8 Å². The number of rotatable bonds is 8. The average Bonchev–Trinajstić information content (AvgIpc) is 2.42. The Balaban J connectivity index is 2.44. The highest BCUT2D eigenvalue weighted by molar-refractivity contribution is 5.69. The number of piperidine rings is 1. The van der Waals surface area contributed by atoms with E-state index < -0.39 is 0 Å². The molecule has 0 radical (unpaired) electrons. The zero-order valence-electron chi connectivity index (χ0n) is 13.2. The lowest BCUT2D eigenvalue weighted by Crippen LogP contribution is -2.51. The van der Waals surface area contributed by atoms with Crippen LogP contribution in [0.15, 0.2) is 0 Å². The molecule has 0 aliphatic carbocycles. The van der Waals surface area contributed by atoms with Crippen molar-refractivity contribution in [3.8, 4) is 0 Å². The fourth-order valence-electron chi connectivity index (χ4n) is 2.85. The summed E-state index contributed by atoms with van der Waals surface area (Å²) in [6.45, 7) is 9.25. The second-order valence-corrected chi connectivity index (χ2v) is 6.26. The first kappa shape index (κ1) is 17.4. The van der Waals surface area contributed by atoms with E-state index in [1.807, 2.05) is 0 Å². The van der Waals surface area contributed by atoms with Gasteiger partial charge < -0.3 is 20.7 Å². The number of nitrogens with zero attached hydrogens (tertiary/aromatic N) is 1. The average molecular weight is 285 g/mol. The number of hydrogen-bond donors (Lipinski definition) is 2. The minimum Gasteiger partial charge on any atom is -0.469 e. The van der Waals surface area contributed by atoms with Crippen LogP contribution in [0.4, 0.5) is 0 Å². The van der Waals surface area contributed by atoms with Gasteiger partial charge in [0.05, 0.1) is 7.11 Å². The van der Waals surface area contributed by atoms with Crippen LogP contribution in [-0.4, -0.2) is 56.7 Å². The van der Waals surface area contributed by atoms with Gasteiger partial charge in [-0.3, -0.25) is 4.79 Å². The first-order chi connectivity index (χ1) is 9.55. The Morgan fingerprint density at radius 1 is 1.45 bits per heavy atom. The summed E-state index contributed by atoms with van der Waals surface area (Å²) in [4.78, 5) is 13.7. The standard InChI is InChI=1S/C15H31N3O2/c1-12(2)9-17-14-8-13(4-5-15(19)20-3)10-18(11-14)7-6-16/h12-14,17H,4-11,16H2,1-3H3. The number of nitrogens with one attached hydrogen (secondary N) is 1. The monoisotopic (exact) mass is 285 g/mol. The molecule has 2 atom stereocenters. The van der Waals surface area contributed by atoms with E-state index in [0.29, 0.717) is 30.8 Å². The van der Waals surface area contributed by atoms with E-state index in [9.17, 15) is 4.79 Å². The molecule has 20 heavy (non-hydrogen) atoms. The molecular weight excluding hydrogens is 254 g/mol. The van der Waals surface area contributed by atoms with Gasteiger partial charge in [0, 0.05) is 38.6 Å². The molecule has 5 heteroatoms. The number of hydrogen-bond acceptors (Lipinski definition) is 5. The van der Waals surface area contributed by atoms with Crippen molar-refractivity contribution in [1.82, 2.24) is 10.2 Å². The molecule has 1 heterocycles. The van der Waals surface area contributed by atoms with E-state index in [1.165, 1.54) is 7.11 Å². The second-order valence-electron chi connectivity index (χ2n) is 6.26. The quantitative estimate of drug-likeness (QED) is 0.647. The lowest BCUT2D eigenvalue weighted by molar-refractivity contribution is -0.141. The number of nitrogens with two attached hydrogens (primary N) is 1. The fourth-order valence-corrected chi connectivity index (χ4v) is 2.85. The Kier molecular flexibility index (Phi) is 8.11. The minimum atomic E-state index is -0.104. The molecule has 1 saturated heterocycles. The van der Waals surface area contributed by atoms with Crippen molar-refractivity contribution in [3.05, 3.63) is 0 Å². The van der Waals surface area contributed by atoms with Gasteiger partial charge in [0.1, 0.15) is 0 Å². The van der Waals surface area contributed by atoms with Crippen LogP contribution in [0.1, 0.15) is 33.1 Å². The minimum absolute atomic E-state index is 0.104. The molecule has 3 N–H and O–H groups in total. The molecule has 1 aliphatic heterocycles. The lowest BCUT2D eigenvalue weighted by Gasteiger charge is -2.38. The Bertz CT molecular complexity index is 284. The maximum Gasteiger partial charge on any atom is 0.305 e. The summed E-state index contributed by atoms with van der Waals surface area (Å²) in [6, 6.07) is 0.514. The van der Waals surface area contributed by atoms with E-state index in [4.69, 9.17) is 10.5 Å². The van der Waals surface area contributed by atoms with Gasteiger partial charge >= 0.3 is 5.97 Å². The number of carbonyl (C=O) groups excluding carboxylic acids is 1. The Morgan fingerprint density at radius 3 is 2.80 bits per heavy atom. The molecule has 0 amide bonds. The van der Waals surface area contributed by atoms with Gasteiger partial charge in [-0.2, -0.15) is 0 Å². The van der Waals surface area contributed by atoms with Crippen molar-refractivity contribution in [3.63, 3.8) is 0 Å². The lowest BCUT2D eigenvalue weighted by atomic mass is 9.90. The van der Waals surface area contributed by atoms with Gasteiger partial charge in [0.2, 0.25) is 0 Å². The number of carbonyl (C=O) groups is 1. The van der Waals surface area contributed by atoms with Crippen molar-refractivity contribution < 1.29 is 9.53 Å². The zero-order valence-corrected chi connectivity index (χ0v) is 13.2. The van der Waals surface area contributed by atoms with Crippen LogP contribution in [-0.2, 0) is 9.53 Å². The number of ether oxygens (including phenoxy) is 1. The summed E-state index contributed by atoms with van der Waals surface area (Å²) >= 11 is 0. The molecule has 1 rings (SSSR count). The van der Waals surface area contributed by atoms with Gasteiger partial charge in [0.15, 0.2) is 0 Å². The first-order valence-electron chi connectivity index (χ1n) is 7.77. The van der Waals surface area contributed by atoms with Gasteiger partial charge in [-0.05, 0) is 31.2 Å². The van der Waals surface area contributed by atoms with Crippen LogP contribution < -0.4 is 11.1 Å². The smallest absolute Gasteiger partial charge is 0.305 e. The molecular formula is C15H31N3O2. The summed E-state index contributed by atoms with van der Waals surface area (Å²) in [5.74, 6) is 1.11. The topological polar surface area (TPSA) is 67.6 Å². The molecule has 0 saturated carbocycles. The molecule has 2 unspecified atom stereocenters. The molecule has 118 valence electrons. The second kappa shape index (κ2) is 9.32. The number of likely N-dealkylation sites (tertiary alicyclic amines) is 1. The Labute approximate surface area is 123 Å². The SMILES string of the molecule is COC(=O)CCC1CC(NCC(C)C)CN(CCN)C1. The van der Waals surface area contributed by atoms with E-state index >= 15 is 0 Å². The summed E-state index contributed by atoms with van der Waals surface area (Å²) in [6.07, 6.45) is 2.58. The van der Waals surface area contributed by atoms with Crippen molar-refractivity contribution in [1.29, 1.82) is 0 Å². The molecule has 1 fully saturated rings. The third kappa shape index (κ3) is 6.68. The fraction of sp³-hybridized carbons (Fsp3) is 0.933. The third-order valence-corrected chi connectivity index (χ3v) is 3.86. The van der Waals surface area contributed by atoms with Crippen LogP contribution in [0.2, 0.25) is 0 Å². The van der Waals surface area contributed by atoms with Gasteiger partial charge in [-0.15, -0.1) is 0 Å². The Hall–Kier alpha value is -0.650. The van der Waals surface area contributed by atoms with Gasteiger partial charge in [-0.1, -0.05) is 13.8 Å². The maximum atomic E-state index is 11.3. The largest absolute Gasteiger partial charge is 0.469 e. The van der Waals surface area contributed by atoms with E-state index in [1.54, 1.807) is 0 Å². The Morgan fingerprint density at radius 2 is 2.20 bits per heavy atom. The van der Waals surface area contributed by atoms with E-state index in [-0.39, 0.29) is 5.97 Å². The first-order valence-corrected chi connectivity index (χ1v) is 7.77. The van der Waals surface area contributed by atoms with E-state index in [2.05, 4.69) is 24.1 Å². The van der Waals surface area contributed by atoms with Gasteiger partial charge in [-0.25, -0.2) is 0 Å². The predicted molar refractivity (Wildman–Crippen MR) is 81.5 cm³/mol. The molecule has 1 aliphatic rings. The maximum absolute atomic E-state index is 11.3. The third-order valence-electron chi connectivity index (χ3n) is 3.86. The van der Waals surface area contributed by atoms with Crippen molar-refractivity contribution >= 4 is 5.97 Å². The predicted octanol–water partition coefficient (Wildman–Crippen LogP) is 0.834. The van der Waals surface area contributed by atoms with Crippen LogP contribution in [0.3, 0.4) is 0 Å². The van der Waals surface area contributed by atoms with E-state index in [0.717, 1.165) is 39.0 Å². The highest BCUT2D eigenvalue weighted by Crippen LogP contribution is 2.21.